The molecular formula is C12H18N2O2Si. The van der Waals surface area contributed by atoms with Crippen LogP contribution in [-0.2, 0) is 9.22 Å². The maximum Gasteiger partial charge on any atom is 0.242 e. The van der Waals surface area contributed by atoms with Crippen molar-refractivity contribution in [2.24, 2.45) is 5.73 Å². The smallest absolute Gasteiger partial charge is 0.242 e. The minimum absolute atomic E-state index is 0.175. The number of amides is 1. The van der Waals surface area contributed by atoms with E-state index in [1.165, 1.54) is 0 Å². The summed E-state index contributed by atoms with van der Waals surface area (Å²) in [6, 6.07) is 3.74. The summed E-state index contributed by atoms with van der Waals surface area (Å²) >= 11 is 0. The summed E-state index contributed by atoms with van der Waals surface area (Å²) in [5, 5.41) is 0. The third kappa shape index (κ3) is 5.30. The Labute approximate surface area is 103 Å². The zero-order valence-electron chi connectivity index (χ0n) is 10.4. The molecule has 4 nitrogen and oxygen atoms in total. The van der Waals surface area contributed by atoms with Gasteiger partial charge in [-0.25, -0.2) is 0 Å². The second-order valence-corrected chi connectivity index (χ2v) is 9.12. The van der Waals surface area contributed by atoms with Crippen LogP contribution in [0.4, 0.5) is 0 Å². The van der Waals surface area contributed by atoms with Gasteiger partial charge in [-0.2, -0.15) is 0 Å². The van der Waals surface area contributed by atoms with Crippen molar-refractivity contribution in [2.75, 3.05) is 0 Å². The number of nitrogens with two attached hydrogens (primary N) is 1. The van der Waals surface area contributed by atoms with E-state index >= 15 is 0 Å². The zero-order chi connectivity index (χ0) is 12.9. The van der Waals surface area contributed by atoms with Crippen molar-refractivity contribution in [3.05, 3.63) is 36.2 Å². The van der Waals surface area contributed by atoms with Crippen molar-refractivity contribution in [1.82, 2.24) is 4.98 Å². The fourth-order valence-electron chi connectivity index (χ4n) is 1.25. The summed E-state index contributed by atoms with van der Waals surface area (Å²) in [7, 11) is -1.72. The summed E-state index contributed by atoms with van der Waals surface area (Å²) in [5.74, 6) is 0.321. The first-order valence-electron chi connectivity index (χ1n) is 5.46. The summed E-state index contributed by atoms with van der Waals surface area (Å²) in [6.07, 6.45) is 5.31. The van der Waals surface area contributed by atoms with E-state index in [1.807, 2.05) is 12.1 Å². The van der Waals surface area contributed by atoms with E-state index in [1.54, 1.807) is 18.5 Å². The Bertz CT molecular complexity index is 410. The SMILES string of the molecule is C[Si](C)(C)O/C(=C/CC(N)=O)c1cccnc1. The highest BCUT2D eigenvalue weighted by Crippen LogP contribution is 2.20. The van der Waals surface area contributed by atoms with Crippen LogP contribution in [0.5, 0.6) is 0 Å². The van der Waals surface area contributed by atoms with E-state index in [2.05, 4.69) is 24.6 Å². The fourth-order valence-corrected chi connectivity index (χ4v) is 2.11. The molecule has 0 saturated carbocycles. The van der Waals surface area contributed by atoms with E-state index in [0.29, 0.717) is 5.76 Å². The first-order valence-corrected chi connectivity index (χ1v) is 8.87. The largest absolute Gasteiger partial charge is 0.544 e. The van der Waals surface area contributed by atoms with Gasteiger partial charge in [-0.05, 0) is 37.8 Å². The lowest BCUT2D eigenvalue weighted by Gasteiger charge is -2.21. The molecule has 1 aromatic rings. The molecule has 1 amide bonds. The molecule has 0 spiro atoms. The van der Waals surface area contributed by atoms with Crippen LogP contribution in [0.3, 0.4) is 0 Å². The normalized spacial score (nSPS) is 12.3. The first kappa shape index (κ1) is 13.4. The first-order chi connectivity index (χ1) is 7.88. The average molecular weight is 250 g/mol. The zero-order valence-corrected chi connectivity index (χ0v) is 11.4. The number of rotatable bonds is 5. The lowest BCUT2D eigenvalue weighted by molar-refractivity contribution is -0.117. The van der Waals surface area contributed by atoms with Crippen LogP contribution in [-0.4, -0.2) is 19.2 Å². The van der Waals surface area contributed by atoms with Gasteiger partial charge >= 0.3 is 0 Å². The number of pyridine rings is 1. The molecule has 0 aliphatic heterocycles. The Morgan fingerprint density at radius 3 is 2.71 bits per heavy atom. The van der Waals surface area contributed by atoms with Gasteiger partial charge in [0.1, 0.15) is 5.76 Å². The molecule has 0 aliphatic rings. The predicted octanol–water partition coefficient (Wildman–Crippen LogP) is 2.15. The van der Waals surface area contributed by atoms with Crippen LogP contribution in [0.2, 0.25) is 19.6 Å². The Morgan fingerprint density at radius 2 is 2.24 bits per heavy atom. The quantitative estimate of drug-likeness (QED) is 0.643. The number of carbonyl (C=O) groups excluding carboxylic acids is 1. The van der Waals surface area contributed by atoms with Crippen molar-refractivity contribution in [3.8, 4) is 0 Å². The number of carbonyl (C=O) groups is 1. The van der Waals surface area contributed by atoms with Crippen molar-refractivity contribution < 1.29 is 9.22 Å². The molecule has 0 aliphatic carbocycles. The van der Waals surface area contributed by atoms with Crippen LogP contribution >= 0.6 is 0 Å². The number of primary amides is 1. The third-order valence-corrected chi connectivity index (χ3v) is 2.68. The average Bonchev–Trinajstić information content (AvgIpc) is 2.24. The van der Waals surface area contributed by atoms with Gasteiger partial charge in [-0.15, -0.1) is 0 Å². The molecule has 1 rings (SSSR count). The van der Waals surface area contributed by atoms with Gasteiger partial charge in [-0.1, -0.05) is 0 Å². The van der Waals surface area contributed by atoms with Crippen LogP contribution in [0.1, 0.15) is 12.0 Å². The molecule has 0 atom stereocenters. The van der Waals surface area contributed by atoms with Crippen molar-refractivity contribution in [1.29, 1.82) is 0 Å². The Hall–Kier alpha value is -1.62. The number of aromatic nitrogens is 1. The molecule has 17 heavy (non-hydrogen) atoms. The Balaban J connectivity index is 2.95. The van der Waals surface area contributed by atoms with Gasteiger partial charge in [0.25, 0.3) is 0 Å². The molecule has 1 aromatic heterocycles. The van der Waals surface area contributed by atoms with E-state index in [0.717, 1.165) is 5.56 Å². The van der Waals surface area contributed by atoms with E-state index < -0.39 is 8.32 Å². The van der Waals surface area contributed by atoms with Gasteiger partial charge < -0.3 is 10.2 Å². The number of nitrogens with zero attached hydrogens (tertiary/aromatic N) is 1. The monoisotopic (exact) mass is 250 g/mol. The Morgan fingerprint density at radius 1 is 1.53 bits per heavy atom. The third-order valence-electron chi connectivity index (χ3n) is 1.85. The van der Waals surface area contributed by atoms with Crippen LogP contribution in [0.25, 0.3) is 5.76 Å². The van der Waals surface area contributed by atoms with Gasteiger partial charge in [0.2, 0.25) is 14.2 Å². The molecule has 0 unspecified atom stereocenters. The molecule has 0 aromatic carbocycles. The topological polar surface area (TPSA) is 65.2 Å². The van der Waals surface area contributed by atoms with Gasteiger partial charge in [0.15, 0.2) is 0 Å². The molecule has 0 bridgehead atoms. The van der Waals surface area contributed by atoms with Crippen molar-refractivity contribution in [3.63, 3.8) is 0 Å². The van der Waals surface area contributed by atoms with E-state index in [9.17, 15) is 4.79 Å². The van der Waals surface area contributed by atoms with Crippen molar-refractivity contribution >= 4 is 20.0 Å². The lowest BCUT2D eigenvalue weighted by atomic mass is 10.2. The molecule has 5 heteroatoms. The van der Waals surface area contributed by atoms with Crippen LogP contribution < -0.4 is 5.73 Å². The molecule has 92 valence electrons. The maximum atomic E-state index is 10.8. The summed E-state index contributed by atoms with van der Waals surface area (Å²) in [4.78, 5) is 14.9. The van der Waals surface area contributed by atoms with Crippen molar-refractivity contribution in [2.45, 2.75) is 26.1 Å². The summed E-state index contributed by atoms with van der Waals surface area (Å²) < 4.78 is 5.93. The molecule has 0 radical (unpaired) electrons. The van der Waals surface area contributed by atoms with E-state index in [4.69, 9.17) is 10.2 Å². The number of hydrogen-bond acceptors (Lipinski definition) is 3. The summed E-state index contributed by atoms with van der Waals surface area (Å²) in [5.41, 5.74) is 6.01. The maximum absolute atomic E-state index is 10.8. The second-order valence-electron chi connectivity index (χ2n) is 4.69. The molecular weight excluding hydrogens is 232 g/mol. The van der Waals surface area contributed by atoms with Crippen LogP contribution in [0.15, 0.2) is 30.6 Å². The standard InChI is InChI=1S/C12H18N2O2Si/c1-17(2,3)16-11(6-7-12(13)15)10-5-4-8-14-9-10/h4-6,8-9H,7H2,1-3H3,(H2,13,15)/b11-6+. The summed E-state index contributed by atoms with van der Waals surface area (Å²) in [6.45, 7) is 6.25. The highest BCUT2D eigenvalue weighted by atomic mass is 28.4. The highest BCUT2D eigenvalue weighted by molar-refractivity contribution is 6.70. The van der Waals surface area contributed by atoms with Gasteiger partial charge in [0.05, 0.1) is 0 Å². The molecule has 0 fully saturated rings. The molecule has 1 heterocycles. The Kier molecular flexibility index (Phi) is 4.45. The molecule has 2 N–H and O–H groups in total. The second kappa shape index (κ2) is 5.63. The number of hydrogen-bond donors (Lipinski definition) is 1. The van der Waals surface area contributed by atoms with Gasteiger partial charge in [-0.3, -0.25) is 9.78 Å². The minimum atomic E-state index is -1.72. The van der Waals surface area contributed by atoms with E-state index in [-0.39, 0.29) is 12.3 Å². The van der Waals surface area contributed by atoms with Gasteiger partial charge in [0, 0.05) is 24.4 Å². The lowest BCUT2D eigenvalue weighted by Crippen LogP contribution is -2.24. The fraction of sp³-hybridized carbons (Fsp3) is 0.333. The molecule has 0 saturated heterocycles. The predicted molar refractivity (Wildman–Crippen MR) is 70.5 cm³/mol. The highest BCUT2D eigenvalue weighted by Gasteiger charge is 2.18. The minimum Gasteiger partial charge on any atom is -0.544 e. The van der Waals surface area contributed by atoms with Crippen LogP contribution in [0, 0.1) is 0 Å².